The fourth-order valence-corrected chi connectivity index (χ4v) is 3.61. The van der Waals surface area contributed by atoms with Crippen molar-refractivity contribution < 1.29 is 0 Å². The van der Waals surface area contributed by atoms with Crippen LogP contribution in [0.2, 0.25) is 0 Å². The van der Waals surface area contributed by atoms with E-state index in [0.29, 0.717) is 5.92 Å². The Kier molecular flexibility index (Phi) is 6.84. The molecule has 0 aliphatic heterocycles. The Labute approximate surface area is 133 Å². The lowest BCUT2D eigenvalue weighted by molar-refractivity contribution is 0.484. The van der Waals surface area contributed by atoms with E-state index < -0.39 is 0 Å². The van der Waals surface area contributed by atoms with Crippen molar-refractivity contribution in [2.75, 3.05) is 19.3 Å². The van der Waals surface area contributed by atoms with Crippen LogP contribution >= 0.6 is 11.8 Å². The molecular weight excluding hydrogens is 274 g/mol. The van der Waals surface area contributed by atoms with Gasteiger partial charge < -0.3 is 5.32 Å². The summed E-state index contributed by atoms with van der Waals surface area (Å²) in [5.41, 5.74) is 2.90. The number of nitrogens with one attached hydrogen (secondary N) is 1. The molecule has 2 aromatic rings. The number of rotatable bonds is 8. The van der Waals surface area contributed by atoms with Gasteiger partial charge in [-0.25, -0.2) is 0 Å². The molecule has 0 spiro atoms. The van der Waals surface area contributed by atoms with Gasteiger partial charge in [-0.3, -0.25) is 0 Å². The highest BCUT2D eigenvalue weighted by Crippen LogP contribution is 2.22. The standard InChI is InChI=1S/C19H25NS/c1-16-8-6-7-9-18(16)14-17(15-20-2)12-13-21-19-10-4-3-5-11-19/h3-11,17,20H,12-15H2,1-2H3. The molecule has 112 valence electrons. The van der Waals surface area contributed by atoms with Crippen LogP contribution in [0.5, 0.6) is 0 Å². The first-order valence-corrected chi connectivity index (χ1v) is 8.65. The summed E-state index contributed by atoms with van der Waals surface area (Å²) < 4.78 is 0. The maximum Gasteiger partial charge on any atom is 0.00719 e. The second kappa shape index (κ2) is 8.91. The minimum Gasteiger partial charge on any atom is -0.319 e. The minimum absolute atomic E-state index is 0.701. The van der Waals surface area contributed by atoms with E-state index in [1.165, 1.54) is 34.6 Å². The average molecular weight is 299 g/mol. The highest BCUT2D eigenvalue weighted by molar-refractivity contribution is 7.99. The van der Waals surface area contributed by atoms with E-state index in [1.807, 2.05) is 11.8 Å². The maximum atomic E-state index is 3.35. The molecule has 0 heterocycles. The molecule has 1 nitrogen and oxygen atoms in total. The van der Waals surface area contributed by atoms with Gasteiger partial charge in [-0.05, 0) is 68.3 Å². The molecule has 0 bridgehead atoms. The van der Waals surface area contributed by atoms with Crippen LogP contribution < -0.4 is 5.32 Å². The molecule has 1 N–H and O–H groups in total. The molecule has 0 fully saturated rings. The monoisotopic (exact) mass is 299 g/mol. The second-order valence-electron chi connectivity index (χ2n) is 5.50. The second-order valence-corrected chi connectivity index (χ2v) is 6.67. The van der Waals surface area contributed by atoms with Crippen LogP contribution in [0.4, 0.5) is 0 Å². The van der Waals surface area contributed by atoms with Gasteiger partial charge in [-0.1, -0.05) is 42.5 Å². The SMILES string of the molecule is CNCC(CCSc1ccccc1)Cc1ccccc1C. The van der Waals surface area contributed by atoms with Crippen LogP contribution in [0.15, 0.2) is 59.5 Å². The number of hydrogen-bond donors (Lipinski definition) is 1. The highest BCUT2D eigenvalue weighted by atomic mass is 32.2. The summed E-state index contributed by atoms with van der Waals surface area (Å²) in [6.07, 6.45) is 2.41. The van der Waals surface area contributed by atoms with Crippen LogP contribution in [0.3, 0.4) is 0 Å². The molecule has 0 radical (unpaired) electrons. The molecular formula is C19H25NS. The summed E-state index contributed by atoms with van der Waals surface area (Å²) in [7, 11) is 2.05. The van der Waals surface area contributed by atoms with Crippen LogP contribution in [0, 0.1) is 12.8 Å². The van der Waals surface area contributed by atoms with E-state index in [0.717, 1.165) is 6.54 Å². The lowest BCUT2D eigenvalue weighted by Gasteiger charge is -2.17. The smallest absolute Gasteiger partial charge is 0.00719 e. The first-order valence-electron chi connectivity index (χ1n) is 7.66. The van der Waals surface area contributed by atoms with E-state index in [1.54, 1.807) is 0 Å². The third kappa shape index (κ3) is 5.56. The largest absolute Gasteiger partial charge is 0.319 e. The Morgan fingerprint density at radius 3 is 2.43 bits per heavy atom. The molecule has 2 rings (SSSR count). The van der Waals surface area contributed by atoms with Gasteiger partial charge in [0.15, 0.2) is 0 Å². The Morgan fingerprint density at radius 2 is 1.71 bits per heavy atom. The van der Waals surface area contributed by atoms with Crippen molar-refractivity contribution in [3.8, 4) is 0 Å². The van der Waals surface area contributed by atoms with Gasteiger partial charge in [0.05, 0.1) is 0 Å². The summed E-state index contributed by atoms with van der Waals surface area (Å²) >= 11 is 1.96. The summed E-state index contributed by atoms with van der Waals surface area (Å²) in [6, 6.07) is 19.4. The zero-order valence-corrected chi connectivity index (χ0v) is 13.8. The molecule has 2 aromatic carbocycles. The Morgan fingerprint density at radius 1 is 1.00 bits per heavy atom. The van der Waals surface area contributed by atoms with Gasteiger partial charge in [0.25, 0.3) is 0 Å². The average Bonchev–Trinajstić information content (AvgIpc) is 2.51. The quantitative estimate of drug-likeness (QED) is 0.717. The molecule has 1 atom stereocenters. The van der Waals surface area contributed by atoms with Gasteiger partial charge in [-0.15, -0.1) is 11.8 Å². The van der Waals surface area contributed by atoms with Gasteiger partial charge in [0, 0.05) is 4.90 Å². The van der Waals surface area contributed by atoms with E-state index in [9.17, 15) is 0 Å². The molecule has 21 heavy (non-hydrogen) atoms. The summed E-state index contributed by atoms with van der Waals surface area (Å²) in [4.78, 5) is 1.37. The highest BCUT2D eigenvalue weighted by Gasteiger charge is 2.10. The van der Waals surface area contributed by atoms with E-state index in [-0.39, 0.29) is 0 Å². The summed E-state index contributed by atoms with van der Waals surface area (Å²) in [5, 5.41) is 3.35. The van der Waals surface area contributed by atoms with E-state index in [2.05, 4.69) is 73.9 Å². The topological polar surface area (TPSA) is 12.0 Å². The lowest BCUT2D eigenvalue weighted by atomic mass is 9.94. The fraction of sp³-hybridized carbons (Fsp3) is 0.368. The molecule has 0 saturated heterocycles. The molecule has 0 amide bonds. The third-order valence-corrected chi connectivity index (χ3v) is 4.85. The Bertz CT molecular complexity index is 524. The normalized spacial score (nSPS) is 12.3. The Balaban J connectivity index is 1.86. The molecule has 0 aromatic heterocycles. The first kappa shape index (κ1) is 16.1. The van der Waals surface area contributed by atoms with Gasteiger partial charge >= 0.3 is 0 Å². The number of hydrogen-bond acceptors (Lipinski definition) is 2. The van der Waals surface area contributed by atoms with Crippen molar-refractivity contribution in [1.82, 2.24) is 5.32 Å². The van der Waals surface area contributed by atoms with Gasteiger partial charge in [0.1, 0.15) is 0 Å². The van der Waals surface area contributed by atoms with Crippen molar-refractivity contribution in [2.24, 2.45) is 5.92 Å². The fourth-order valence-electron chi connectivity index (χ4n) is 2.58. The van der Waals surface area contributed by atoms with Crippen molar-refractivity contribution >= 4 is 11.8 Å². The van der Waals surface area contributed by atoms with Crippen molar-refractivity contribution in [2.45, 2.75) is 24.7 Å². The molecule has 2 heteroatoms. The van der Waals surface area contributed by atoms with Crippen molar-refractivity contribution in [3.05, 3.63) is 65.7 Å². The van der Waals surface area contributed by atoms with E-state index >= 15 is 0 Å². The zero-order chi connectivity index (χ0) is 14.9. The molecule has 1 unspecified atom stereocenters. The van der Waals surface area contributed by atoms with Crippen LogP contribution in [0.1, 0.15) is 17.5 Å². The predicted octanol–water partition coefficient (Wildman–Crippen LogP) is 4.56. The number of aryl methyl sites for hydroxylation is 1. The van der Waals surface area contributed by atoms with Crippen LogP contribution in [-0.4, -0.2) is 19.3 Å². The van der Waals surface area contributed by atoms with E-state index in [4.69, 9.17) is 0 Å². The summed E-state index contributed by atoms with van der Waals surface area (Å²) in [5.74, 6) is 1.88. The van der Waals surface area contributed by atoms with Gasteiger partial charge in [-0.2, -0.15) is 0 Å². The first-order chi connectivity index (χ1) is 10.3. The zero-order valence-electron chi connectivity index (χ0n) is 13.0. The Hall–Kier alpha value is -1.25. The number of benzene rings is 2. The van der Waals surface area contributed by atoms with Crippen molar-refractivity contribution in [3.63, 3.8) is 0 Å². The maximum absolute atomic E-state index is 3.35. The predicted molar refractivity (Wildman–Crippen MR) is 94.1 cm³/mol. The van der Waals surface area contributed by atoms with Crippen molar-refractivity contribution in [1.29, 1.82) is 0 Å². The summed E-state index contributed by atoms with van der Waals surface area (Å²) in [6.45, 7) is 3.30. The minimum atomic E-state index is 0.701. The van der Waals surface area contributed by atoms with Crippen LogP contribution in [-0.2, 0) is 6.42 Å². The lowest BCUT2D eigenvalue weighted by Crippen LogP contribution is -2.21. The molecule has 0 aliphatic rings. The van der Waals surface area contributed by atoms with Gasteiger partial charge in [0.2, 0.25) is 0 Å². The third-order valence-electron chi connectivity index (χ3n) is 3.80. The van der Waals surface area contributed by atoms with Crippen LogP contribution in [0.25, 0.3) is 0 Å². The molecule has 0 aliphatic carbocycles. The number of thioether (sulfide) groups is 1. The molecule has 0 saturated carbocycles.